The van der Waals surface area contributed by atoms with Crippen LogP contribution in [0.4, 0.5) is 10.3 Å². The van der Waals surface area contributed by atoms with Crippen LogP contribution in [0.1, 0.15) is 35.7 Å². The fourth-order valence-electron chi connectivity index (χ4n) is 2.87. The summed E-state index contributed by atoms with van der Waals surface area (Å²) in [5.74, 6) is 0.722. The van der Waals surface area contributed by atoms with Gasteiger partial charge in [-0.3, -0.25) is 4.79 Å². The maximum Gasteiger partial charge on any atom is 0.257 e. The Hall–Kier alpha value is -2.50. The molecule has 1 aliphatic rings. The largest absolute Gasteiger partial charge is 0.350 e. The van der Waals surface area contributed by atoms with Crippen LogP contribution in [0.5, 0.6) is 0 Å². The standard InChI is InChI=1S/C18H21FN4O/c1-13-3-2-8-23(12-13)17(24)15-10-21-18(22-11-15)20-9-14-4-6-16(19)7-5-14/h4-7,10-11,13H,2-3,8-9,12H2,1H3,(H,20,21,22). The average molecular weight is 328 g/mol. The molecule has 6 heteroatoms. The highest BCUT2D eigenvalue weighted by Crippen LogP contribution is 2.17. The summed E-state index contributed by atoms with van der Waals surface area (Å²) in [5.41, 5.74) is 1.44. The number of halogens is 1. The van der Waals surface area contributed by atoms with E-state index in [0.717, 1.165) is 25.1 Å². The van der Waals surface area contributed by atoms with Gasteiger partial charge in [0.2, 0.25) is 5.95 Å². The van der Waals surface area contributed by atoms with Crippen molar-refractivity contribution in [2.45, 2.75) is 26.3 Å². The van der Waals surface area contributed by atoms with Crippen LogP contribution >= 0.6 is 0 Å². The first-order valence-electron chi connectivity index (χ1n) is 8.21. The lowest BCUT2D eigenvalue weighted by atomic mass is 10.00. The van der Waals surface area contributed by atoms with Crippen molar-refractivity contribution in [1.29, 1.82) is 0 Å². The van der Waals surface area contributed by atoms with Crippen LogP contribution in [0, 0.1) is 11.7 Å². The minimum Gasteiger partial charge on any atom is -0.350 e. The molecular formula is C18H21FN4O. The molecular weight excluding hydrogens is 307 g/mol. The zero-order valence-electron chi connectivity index (χ0n) is 13.7. The maximum atomic E-state index is 12.9. The Bertz CT molecular complexity index is 687. The molecule has 1 aromatic carbocycles. The number of likely N-dealkylation sites (tertiary alicyclic amines) is 1. The number of anilines is 1. The number of aromatic nitrogens is 2. The van der Waals surface area contributed by atoms with E-state index in [2.05, 4.69) is 22.2 Å². The SMILES string of the molecule is CC1CCCN(C(=O)c2cnc(NCc3ccc(F)cc3)nc2)C1. The summed E-state index contributed by atoms with van der Waals surface area (Å²) in [4.78, 5) is 22.7. The molecule has 1 unspecified atom stereocenters. The average Bonchev–Trinajstić information content (AvgIpc) is 2.61. The second-order valence-electron chi connectivity index (χ2n) is 6.27. The topological polar surface area (TPSA) is 58.1 Å². The van der Waals surface area contributed by atoms with Crippen molar-refractivity contribution >= 4 is 11.9 Å². The number of carbonyl (C=O) groups is 1. The lowest BCUT2D eigenvalue weighted by molar-refractivity contribution is 0.0682. The Morgan fingerprint density at radius 3 is 2.67 bits per heavy atom. The highest BCUT2D eigenvalue weighted by Gasteiger charge is 2.22. The first-order valence-corrected chi connectivity index (χ1v) is 8.21. The molecule has 1 aliphatic heterocycles. The highest BCUT2D eigenvalue weighted by atomic mass is 19.1. The number of amides is 1. The molecule has 5 nitrogen and oxygen atoms in total. The van der Waals surface area contributed by atoms with Crippen LogP contribution in [0.15, 0.2) is 36.7 Å². The molecule has 126 valence electrons. The molecule has 0 bridgehead atoms. The van der Waals surface area contributed by atoms with Crippen LogP contribution in [0.25, 0.3) is 0 Å². The highest BCUT2D eigenvalue weighted by molar-refractivity contribution is 5.93. The first kappa shape index (κ1) is 16.4. The normalized spacial score (nSPS) is 17.6. The van der Waals surface area contributed by atoms with Gasteiger partial charge < -0.3 is 10.2 Å². The number of carbonyl (C=O) groups excluding carboxylic acids is 1. The molecule has 1 N–H and O–H groups in total. The molecule has 24 heavy (non-hydrogen) atoms. The third-order valence-electron chi connectivity index (χ3n) is 4.21. The van der Waals surface area contributed by atoms with E-state index in [4.69, 9.17) is 0 Å². The molecule has 1 aromatic heterocycles. The van der Waals surface area contributed by atoms with Crippen molar-refractivity contribution < 1.29 is 9.18 Å². The van der Waals surface area contributed by atoms with E-state index in [1.54, 1.807) is 24.5 Å². The van der Waals surface area contributed by atoms with E-state index < -0.39 is 0 Å². The summed E-state index contributed by atoms with van der Waals surface area (Å²) in [6, 6.07) is 6.24. The van der Waals surface area contributed by atoms with E-state index in [1.807, 2.05) is 4.90 Å². The molecule has 1 atom stereocenters. The Morgan fingerprint density at radius 1 is 1.29 bits per heavy atom. The van der Waals surface area contributed by atoms with Crippen LogP contribution in [-0.2, 0) is 6.54 Å². The van der Waals surface area contributed by atoms with Crippen molar-refractivity contribution in [3.63, 3.8) is 0 Å². The van der Waals surface area contributed by atoms with Gasteiger partial charge in [0.05, 0.1) is 5.56 Å². The molecule has 1 saturated heterocycles. The fraction of sp³-hybridized carbons (Fsp3) is 0.389. The maximum absolute atomic E-state index is 12.9. The number of rotatable bonds is 4. The quantitative estimate of drug-likeness (QED) is 0.937. The summed E-state index contributed by atoms with van der Waals surface area (Å²) in [6.07, 6.45) is 5.33. The fourth-order valence-corrected chi connectivity index (χ4v) is 2.87. The molecule has 0 spiro atoms. The number of nitrogens with zero attached hydrogens (tertiary/aromatic N) is 3. The Kier molecular flexibility index (Phi) is 5.03. The van der Waals surface area contributed by atoms with Crippen molar-refractivity contribution in [3.05, 3.63) is 53.6 Å². The van der Waals surface area contributed by atoms with Gasteiger partial charge in [-0.05, 0) is 36.5 Å². The molecule has 0 aliphatic carbocycles. The van der Waals surface area contributed by atoms with Gasteiger partial charge in [-0.2, -0.15) is 0 Å². The molecule has 0 saturated carbocycles. The minimum atomic E-state index is -0.259. The van der Waals surface area contributed by atoms with E-state index in [-0.39, 0.29) is 11.7 Å². The predicted octanol–water partition coefficient (Wildman–Crippen LogP) is 3.10. The second kappa shape index (κ2) is 7.38. The van der Waals surface area contributed by atoms with Crippen molar-refractivity contribution in [3.8, 4) is 0 Å². The van der Waals surface area contributed by atoms with Crippen LogP contribution in [-0.4, -0.2) is 33.9 Å². The van der Waals surface area contributed by atoms with Gasteiger partial charge in [-0.15, -0.1) is 0 Å². The monoisotopic (exact) mass is 328 g/mol. The number of piperidine rings is 1. The van der Waals surface area contributed by atoms with Gasteiger partial charge in [-0.25, -0.2) is 14.4 Å². The third kappa shape index (κ3) is 4.07. The molecule has 3 rings (SSSR count). The lowest BCUT2D eigenvalue weighted by Crippen LogP contribution is -2.39. The van der Waals surface area contributed by atoms with Gasteiger partial charge in [-0.1, -0.05) is 19.1 Å². The lowest BCUT2D eigenvalue weighted by Gasteiger charge is -2.30. The Balaban J connectivity index is 1.58. The van der Waals surface area contributed by atoms with Gasteiger partial charge >= 0.3 is 0 Å². The Morgan fingerprint density at radius 2 is 2.00 bits per heavy atom. The minimum absolute atomic E-state index is 0.00775. The number of hydrogen-bond acceptors (Lipinski definition) is 4. The number of benzene rings is 1. The van der Waals surface area contributed by atoms with Crippen molar-refractivity contribution in [2.24, 2.45) is 5.92 Å². The van der Waals surface area contributed by atoms with Gasteiger partial charge in [0.25, 0.3) is 5.91 Å². The summed E-state index contributed by atoms with van der Waals surface area (Å²) >= 11 is 0. The number of hydrogen-bond donors (Lipinski definition) is 1. The molecule has 2 heterocycles. The van der Waals surface area contributed by atoms with Crippen LogP contribution in [0.2, 0.25) is 0 Å². The summed E-state index contributed by atoms with van der Waals surface area (Å²) in [6.45, 7) is 4.26. The zero-order valence-corrected chi connectivity index (χ0v) is 13.7. The Labute approximate surface area is 140 Å². The first-order chi connectivity index (χ1) is 11.6. The van der Waals surface area contributed by atoms with Crippen molar-refractivity contribution in [1.82, 2.24) is 14.9 Å². The number of nitrogens with one attached hydrogen (secondary N) is 1. The van der Waals surface area contributed by atoms with Gasteiger partial charge in [0.15, 0.2) is 0 Å². The predicted molar refractivity (Wildman–Crippen MR) is 90.1 cm³/mol. The van der Waals surface area contributed by atoms with Crippen LogP contribution < -0.4 is 5.32 Å². The zero-order chi connectivity index (χ0) is 16.9. The van der Waals surface area contributed by atoms with E-state index in [9.17, 15) is 9.18 Å². The van der Waals surface area contributed by atoms with E-state index in [0.29, 0.717) is 24.0 Å². The molecule has 1 amide bonds. The smallest absolute Gasteiger partial charge is 0.257 e. The molecule has 1 fully saturated rings. The van der Waals surface area contributed by atoms with E-state index >= 15 is 0 Å². The summed E-state index contributed by atoms with van der Waals surface area (Å²) < 4.78 is 12.9. The van der Waals surface area contributed by atoms with Gasteiger partial charge in [0, 0.05) is 32.0 Å². The molecule has 0 radical (unpaired) electrons. The van der Waals surface area contributed by atoms with Gasteiger partial charge in [0.1, 0.15) is 5.82 Å². The second-order valence-corrected chi connectivity index (χ2v) is 6.27. The third-order valence-corrected chi connectivity index (χ3v) is 4.21. The van der Waals surface area contributed by atoms with E-state index in [1.165, 1.54) is 18.6 Å². The molecule has 2 aromatic rings. The van der Waals surface area contributed by atoms with Crippen molar-refractivity contribution in [2.75, 3.05) is 18.4 Å². The summed E-state index contributed by atoms with van der Waals surface area (Å²) in [5, 5.41) is 3.06. The van der Waals surface area contributed by atoms with Crippen LogP contribution in [0.3, 0.4) is 0 Å². The summed E-state index contributed by atoms with van der Waals surface area (Å²) in [7, 11) is 0.